The Morgan fingerprint density at radius 3 is 2.79 bits per heavy atom. The maximum absolute atomic E-state index is 11.0. The molecule has 2 fully saturated rings. The molecule has 1 amide bonds. The van der Waals surface area contributed by atoms with E-state index in [1.165, 1.54) is 13.3 Å². The largest absolute Gasteiger partial charge is 0.480 e. The average molecular weight is 287 g/mol. The number of hydrogen-bond acceptors (Lipinski definition) is 4. The van der Waals surface area contributed by atoms with Gasteiger partial charge in [0.1, 0.15) is 6.04 Å². The van der Waals surface area contributed by atoms with Crippen molar-refractivity contribution in [3.8, 4) is 0 Å². The molecular formula is C13H21NO4S. The molecule has 0 aromatic carbocycles. The van der Waals surface area contributed by atoms with Crippen LogP contribution in [0, 0.1) is 0 Å². The lowest BCUT2D eigenvalue weighted by atomic mass is 9.75. The smallest absolute Gasteiger partial charge is 0.327 e. The quantitative estimate of drug-likeness (QED) is 0.799. The Balaban J connectivity index is 1.79. The van der Waals surface area contributed by atoms with E-state index in [0.717, 1.165) is 32.3 Å². The number of rotatable bonds is 5. The SMILES string of the molecule is CC(=O)N[C@@H](CSC1CCOC2(CCC2)C1)C(=O)O. The van der Waals surface area contributed by atoms with Crippen molar-refractivity contribution in [3.05, 3.63) is 0 Å². The molecule has 1 aliphatic carbocycles. The normalized spacial score (nSPS) is 26.5. The molecular weight excluding hydrogens is 266 g/mol. The van der Waals surface area contributed by atoms with Gasteiger partial charge in [-0.15, -0.1) is 0 Å². The Labute approximate surface area is 117 Å². The molecule has 2 rings (SSSR count). The number of carbonyl (C=O) groups is 2. The van der Waals surface area contributed by atoms with Crippen molar-refractivity contribution < 1.29 is 19.4 Å². The lowest BCUT2D eigenvalue weighted by Crippen LogP contribution is -2.47. The van der Waals surface area contributed by atoms with Crippen molar-refractivity contribution in [3.63, 3.8) is 0 Å². The third-order valence-corrected chi connectivity index (χ3v) is 5.29. The molecule has 2 N–H and O–H groups in total. The summed E-state index contributed by atoms with van der Waals surface area (Å²) in [7, 11) is 0. The molecule has 1 aliphatic heterocycles. The minimum atomic E-state index is -0.965. The second kappa shape index (κ2) is 6.13. The second-order valence-corrected chi connectivity index (χ2v) is 6.76. The van der Waals surface area contributed by atoms with Crippen molar-refractivity contribution >= 4 is 23.6 Å². The number of amides is 1. The molecule has 1 spiro atoms. The maximum Gasteiger partial charge on any atom is 0.327 e. The average Bonchev–Trinajstić information content (AvgIpc) is 2.32. The van der Waals surface area contributed by atoms with Crippen molar-refractivity contribution in [2.24, 2.45) is 0 Å². The summed E-state index contributed by atoms with van der Waals surface area (Å²) in [5, 5.41) is 12.0. The highest BCUT2D eigenvalue weighted by atomic mass is 32.2. The third kappa shape index (κ3) is 3.86. The number of nitrogens with one attached hydrogen (secondary N) is 1. The van der Waals surface area contributed by atoms with Gasteiger partial charge in [-0.3, -0.25) is 4.79 Å². The second-order valence-electron chi connectivity index (χ2n) is 5.42. The molecule has 6 heteroatoms. The van der Waals surface area contributed by atoms with Gasteiger partial charge in [-0.05, 0) is 32.1 Å². The summed E-state index contributed by atoms with van der Waals surface area (Å²) < 4.78 is 5.85. The van der Waals surface area contributed by atoms with Crippen molar-refractivity contribution in [1.29, 1.82) is 0 Å². The number of hydrogen-bond donors (Lipinski definition) is 2. The highest BCUT2D eigenvalue weighted by Crippen LogP contribution is 2.45. The molecule has 0 aromatic rings. The highest BCUT2D eigenvalue weighted by Gasteiger charge is 2.42. The Kier molecular flexibility index (Phi) is 4.73. The Bertz CT molecular complexity index is 357. The lowest BCUT2D eigenvalue weighted by molar-refractivity contribution is -0.140. The molecule has 108 valence electrons. The number of thioether (sulfide) groups is 1. The fourth-order valence-corrected chi connectivity index (χ4v) is 4.07. The first kappa shape index (κ1) is 14.7. The number of carbonyl (C=O) groups excluding carboxylic acids is 1. The summed E-state index contributed by atoms with van der Waals surface area (Å²) in [5.41, 5.74) is 0.0860. The summed E-state index contributed by atoms with van der Waals surface area (Å²) in [6.45, 7) is 2.12. The number of carboxylic acids is 1. The van der Waals surface area contributed by atoms with Gasteiger partial charge in [0.05, 0.1) is 5.60 Å². The van der Waals surface area contributed by atoms with Crippen LogP contribution in [0.15, 0.2) is 0 Å². The minimum Gasteiger partial charge on any atom is -0.480 e. The number of ether oxygens (including phenoxy) is 1. The molecule has 5 nitrogen and oxygen atoms in total. The zero-order chi connectivity index (χ0) is 13.9. The first-order valence-corrected chi connectivity index (χ1v) is 7.81. The van der Waals surface area contributed by atoms with E-state index >= 15 is 0 Å². The third-order valence-electron chi connectivity index (χ3n) is 3.89. The van der Waals surface area contributed by atoms with Gasteiger partial charge in [0, 0.05) is 24.5 Å². The lowest BCUT2D eigenvalue weighted by Gasteiger charge is -2.47. The van der Waals surface area contributed by atoms with Gasteiger partial charge >= 0.3 is 5.97 Å². The molecule has 1 saturated heterocycles. The van der Waals surface area contributed by atoms with Gasteiger partial charge in [0.2, 0.25) is 5.91 Å². The number of carboxylic acid groups (broad SMARTS) is 1. The molecule has 1 saturated carbocycles. The summed E-state index contributed by atoms with van der Waals surface area (Å²) in [5.74, 6) is -0.834. The van der Waals surface area contributed by atoms with E-state index in [-0.39, 0.29) is 11.5 Å². The van der Waals surface area contributed by atoms with Crippen molar-refractivity contribution in [2.75, 3.05) is 12.4 Å². The molecule has 19 heavy (non-hydrogen) atoms. The molecule has 1 unspecified atom stereocenters. The van der Waals surface area contributed by atoms with Crippen LogP contribution >= 0.6 is 11.8 Å². The molecule has 0 aromatic heterocycles. The maximum atomic E-state index is 11.0. The van der Waals surface area contributed by atoms with E-state index in [9.17, 15) is 9.59 Å². The van der Waals surface area contributed by atoms with Crippen LogP contribution < -0.4 is 5.32 Å². The Hall–Kier alpha value is -0.750. The van der Waals surface area contributed by atoms with Crippen molar-refractivity contribution in [1.82, 2.24) is 5.32 Å². The van der Waals surface area contributed by atoms with Crippen LogP contribution in [0.3, 0.4) is 0 Å². The zero-order valence-electron chi connectivity index (χ0n) is 11.2. The topological polar surface area (TPSA) is 75.6 Å². The molecule has 1 heterocycles. The molecule has 0 radical (unpaired) electrons. The highest BCUT2D eigenvalue weighted by molar-refractivity contribution is 8.00. The van der Waals surface area contributed by atoms with E-state index in [4.69, 9.17) is 9.84 Å². The van der Waals surface area contributed by atoms with Crippen LogP contribution in [0.4, 0.5) is 0 Å². The first-order chi connectivity index (χ1) is 9.01. The Morgan fingerprint density at radius 2 is 2.26 bits per heavy atom. The van der Waals surface area contributed by atoms with Gasteiger partial charge in [-0.1, -0.05) is 0 Å². The first-order valence-electron chi connectivity index (χ1n) is 6.76. The van der Waals surface area contributed by atoms with Gasteiger partial charge in [0.25, 0.3) is 0 Å². The van der Waals surface area contributed by atoms with E-state index in [1.54, 1.807) is 11.8 Å². The zero-order valence-corrected chi connectivity index (χ0v) is 12.0. The van der Waals surface area contributed by atoms with Crippen LogP contribution in [0.25, 0.3) is 0 Å². The number of aliphatic carboxylic acids is 1. The minimum absolute atomic E-state index is 0.0860. The van der Waals surface area contributed by atoms with E-state index in [2.05, 4.69) is 5.32 Å². The van der Waals surface area contributed by atoms with E-state index in [0.29, 0.717) is 11.0 Å². The van der Waals surface area contributed by atoms with Gasteiger partial charge < -0.3 is 15.2 Å². The predicted octanol–water partition coefficient (Wildman–Crippen LogP) is 1.41. The summed E-state index contributed by atoms with van der Waals surface area (Å²) in [4.78, 5) is 22.0. The standard InChI is InChI=1S/C13H21NO4S/c1-9(15)14-11(12(16)17)8-19-10-3-6-18-13(7-10)4-2-5-13/h10-11H,2-8H2,1H3,(H,14,15)(H,16,17)/t10?,11-/m0/s1. The monoisotopic (exact) mass is 287 g/mol. The predicted molar refractivity (Wildman–Crippen MR) is 73.3 cm³/mol. The van der Waals surface area contributed by atoms with E-state index in [1.807, 2.05) is 0 Å². The fraction of sp³-hybridized carbons (Fsp3) is 0.846. The molecule has 0 bridgehead atoms. The van der Waals surface area contributed by atoms with Crippen LogP contribution in [-0.4, -0.2) is 46.2 Å². The Morgan fingerprint density at radius 1 is 1.53 bits per heavy atom. The van der Waals surface area contributed by atoms with Crippen LogP contribution in [0.5, 0.6) is 0 Å². The molecule has 2 aliphatic rings. The van der Waals surface area contributed by atoms with Gasteiger partial charge in [-0.25, -0.2) is 4.79 Å². The van der Waals surface area contributed by atoms with Gasteiger partial charge in [-0.2, -0.15) is 11.8 Å². The van der Waals surface area contributed by atoms with Crippen LogP contribution in [-0.2, 0) is 14.3 Å². The molecule has 2 atom stereocenters. The van der Waals surface area contributed by atoms with Crippen molar-refractivity contribution in [2.45, 2.75) is 55.9 Å². The summed E-state index contributed by atoms with van der Waals surface area (Å²) in [6.07, 6.45) is 5.50. The van der Waals surface area contributed by atoms with Gasteiger partial charge in [0.15, 0.2) is 0 Å². The van der Waals surface area contributed by atoms with Crippen LogP contribution in [0.2, 0.25) is 0 Å². The van der Waals surface area contributed by atoms with E-state index < -0.39 is 12.0 Å². The fourth-order valence-electron chi connectivity index (χ4n) is 2.70. The summed E-state index contributed by atoms with van der Waals surface area (Å²) in [6, 6.07) is -0.789. The summed E-state index contributed by atoms with van der Waals surface area (Å²) >= 11 is 1.65. The van der Waals surface area contributed by atoms with Crippen LogP contribution in [0.1, 0.15) is 39.0 Å².